The van der Waals surface area contributed by atoms with Crippen LogP contribution in [0, 0.1) is 0 Å². The first kappa shape index (κ1) is 14.8. The third-order valence-electron chi connectivity index (χ3n) is 3.18. The van der Waals surface area contributed by atoms with Crippen molar-refractivity contribution in [2.75, 3.05) is 19.8 Å². The Morgan fingerprint density at radius 2 is 1.86 bits per heavy atom. The standard InChI is InChI=1S/C16H16BrNO2S/c17-12-1-4-16(11(9-12)5-6-18)21-13-2-3-14-15(10-13)20-8-7-19-14/h1-4,9-10H,5-8,18H2. The molecule has 0 spiro atoms. The molecule has 110 valence electrons. The van der Waals surface area contributed by atoms with Gasteiger partial charge in [0.15, 0.2) is 11.5 Å². The summed E-state index contributed by atoms with van der Waals surface area (Å²) in [5, 5.41) is 0. The van der Waals surface area contributed by atoms with E-state index >= 15 is 0 Å². The van der Waals surface area contributed by atoms with Crippen LogP contribution in [-0.4, -0.2) is 19.8 Å². The zero-order valence-electron chi connectivity index (χ0n) is 11.5. The maximum absolute atomic E-state index is 5.70. The van der Waals surface area contributed by atoms with Crippen LogP contribution in [0.5, 0.6) is 11.5 Å². The van der Waals surface area contributed by atoms with Gasteiger partial charge >= 0.3 is 0 Å². The van der Waals surface area contributed by atoms with Gasteiger partial charge in [0.1, 0.15) is 13.2 Å². The molecule has 2 aromatic rings. The molecule has 0 fully saturated rings. The number of hydrogen-bond donors (Lipinski definition) is 1. The van der Waals surface area contributed by atoms with Gasteiger partial charge in [-0.15, -0.1) is 0 Å². The molecule has 3 rings (SSSR count). The van der Waals surface area contributed by atoms with Crippen molar-refractivity contribution in [2.24, 2.45) is 5.73 Å². The number of nitrogens with two attached hydrogens (primary N) is 1. The molecule has 0 unspecified atom stereocenters. The molecule has 0 bridgehead atoms. The maximum atomic E-state index is 5.70. The second-order valence-corrected chi connectivity index (χ2v) is 6.73. The first-order chi connectivity index (χ1) is 10.3. The van der Waals surface area contributed by atoms with E-state index in [1.807, 2.05) is 12.1 Å². The minimum atomic E-state index is 0.609. The summed E-state index contributed by atoms with van der Waals surface area (Å²) in [6.45, 7) is 1.87. The predicted molar refractivity (Wildman–Crippen MR) is 88.5 cm³/mol. The third-order valence-corrected chi connectivity index (χ3v) is 4.78. The molecule has 0 amide bonds. The van der Waals surface area contributed by atoms with Crippen LogP contribution in [0.1, 0.15) is 5.56 Å². The zero-order valence-corrected chi connectivity index (χ0v) is 13.9. The predicted octanol–water partition coefficient (Wildman–Crippen LogP) is 3.87. The van der Waals surface area contributed by atoms with Crippen molar-refractivity contribution in [2.45, 2.75) is 16.2 Å². The quantitative estimate of drug-likeness (QED) is 0.892. The Bertz CT molecular complexity index is 648. The van der Waals surface area contributed by atoms with Gasteiger partial charge in [0.05, 0.1) is 0 Å². The van der Waals surface area contributed by atoms with Crippen molar-refractivity contribution in [3.8, 4) is 11.5 Å². The van der Waals surface area contributed by atoms with E-state index in [4.69, 9.17) is 15.2 Å². The summed E-state index contributed by atoms with van der Waals surface area (Å²) >= 11 is 5.24. The molecule has 0 atom stereocenters. The van der Waals surface area contributed by atoms with Gasteiger partial charge < -0.3 is 15.2 Å². The number of fused-ring (bicyclic) bond motifs is 1. The summed E-state index contributed by atoms with van der Waals surface area (Å²) in [7, 11) is 0. The first-order valence-electron chi connectivity index (χ1n) is 6.82. The fraction of sp³-hybridized carbons (Fsp3) is 0.250. The second kappa shape index (κ2) is 6.73. The number of ether oxygens (including phenoxy) is 2. The molecule has 5 heteroatoms. The first-order valence-corrected chi connectivity index (χ1v) is 8.43. The normalized spacial score (nSPS) is 13.2. The summed E-state index contributed by atoms with van der Waals surface area (Å²) in [6, 6.07) is 12.4. The molecule has 2 aromatic carbocycles. The minimum Gasteiger partial charge on any atom is -0.486 e. The molecule has 0 saturated heterocycles. The Morgan fingerprint density at radius 3 is 2.67 bits per heavy atom. The second-order valence-electron chi connectivity index (χ2n) is 4.70. The van der Waals surface area contributed by atoms with Crippen molar-refractivity contribution in [1.29, 1.82) is 0 Å². The topological polar surface area (TPSA) is 44.5 Å². The van der Waals surface area contributed by atoms with Gasteiger partial charge in [-0.3, -0.25) is 0 Å². The summed E-state index contributed by atoms with van der Waals surface area (Å²) in [4.78, 5) is 2.36. The summed E-state index contributed by atoms with van der Waals surface area (Å²) in [5.41, 5.74) is 6.96. The van der Waals surface area contributed by atoms with Gasteiger partial charge in [-0.25, -0.2) is 0 Å². The van der Waals surface area contributed by atoms with E-state index in [1.54, 1.807) is 11.8 Å². The molecule has 2 N–H and O–H groups in total. The van der Waals surface area contributed by atoms with Gasteiger partial charge in [-0.05, 0) is 54.9 Å². The zero-order chi connectivity index (χ0) is 14.7. The Hall–Kier alpha value is -1.17. The minimum absolute atomic E-state index is 0.609. The van der Waals surface area contributed by atoms with Crippen LogP contribution in [0.3, 0.4) is 0 Å². The highest BCUT2D eigenvalue weighted by Gasteiger charge is 2.13. The highest BCUT2D eigenvalue weighted by molar-refractivity contribution is 9.10. The largest absolute Gasteiger partial charge is 0.486 e. The SMILES string of the molecule is NCCc1cc(Br)ccc1Sc1ccc2c(c1)OCCO2. The highest BCUT2D eigenvalue weighted by Crippen LogP contribution is 2.38. The van der Waals surface area contributed by atoms with Gasteiger partial charge in [0.2, 0.25) is 0 Å². The van der Waals surface area contributed by atoms with Crippen molar-refractivity contribution < 1.29 is 9.47 Å². The van der Waals surface area contributed by atoms with Crippen LogP contribution >= 0.6 is 27.7 Å². The van der Waals surface area contributed by atoms with E-state index in [2.05, 4.69) is 40.2 Å². The lowest BCUT2D eigenvalue weighted by Gasteiger charge is -2.19. The number of rotatable bonds is 4. The monoisotopic (exact) mass is 365 g/mol. The van der Waals surface area contributed by atoms with Crippen LogP contribution in [0.4, 0.5) is 0 Å². The molecule has 0 aliphatic carbocycles. The number of benzene rings is 2. The molecule has 21 heavy (non-hydrogen) atoms. The summed E-state index contributed by atoms with van der Waals surface area (Å²) in [6.07, 6.45) is 0.867. The molecule has 1 aliphatic rings. The molecule has 0 saturated carbocycles. The molecule has 0 radical (unpaired) electrons. The van der Waals surface area contributed by atoms with E-state index in [-0.39, 0.29) is 0 Å². The van der Waals surface area contributed by atoms with Crippen molar-refractivity contribution in [3.05, 3.63) is 46.4 Å². The fourth-order valence-corrected chi connectivity index (χ4v) is 3.61. The molecule has 1 heterocycles. The molecule has 0 aromatic heterocycles. The lowest BCUT2D eigenvalue weighted by Crippen LogP contribution is -2.15. The van der Waals surface area contributed by atoms with Gasteiger partial charge in [0.25, 0.3) is 0 Å². The Balaban J connectivity index is 1.86. The molecular formula is C16H16BrNO2S. The van der Waals surface area contributed by atoms with Crippen LogP contribution in [0.15, 0.2) is 50.7 Å². The maximum Gasteiger partial charge on any atom is 0.162 e. The highest BCUT2D eigenvalue weighted by atomic mass is 79.9. The number of hydrogen-bond acceptors (Lipinski definition) is 4. The average molecular weight is 366 g/mol. The van der Waals surface area contributed by atoms with Gasteiger partial charge in [0, 0.05) is 14.3 Å². The van der Waals surface area contributed by atoms with Crippen molar-refractivity contribution in [3.63, 3.8) is 0 Å². The third kappa shape index (κ3) is 3.54. The smallest absolute Gasteiger partial charge is 0.162 e. The fourth-order valence-electron chi connectivity index (χ4n) is 2.21. The average Bonchev–Trinajstić information content (AvgIpc) is 2.50. The van der Waals surface area contributed by atoms with E-state index in [0.29, 0.717) is 19.8 Å². The van der Waals surface area contributed by atoms with Crippen molar-refractivity contribution in [1.82, 2.24) is 0 Å². The van der Waals surface area contributed by atoms with Gasteiger partial charge in [-0.1, -0.05) is 27.7 Å². The molecule has 3 nitrogen and oxygen atoms in total. The van der Waals surface area contributed by atoms with Crippen LogP contribution in [-0.2, 0) is 6.42 Å². The Kier molecular flexibility index (Phi) is 4.73. The van der Waals surface area contributed by atoms with E-state index < -0.39 is 0 Å². The van der Waals surface area contributed by atoms with E-state index in [0.717, 1.165) is 27.3 Å². The number of halogens is 1. The molecular weight excluding hydrogens is 350 g/mol. The van der Waals surface area contributed by atoms with Crippen molar-refractivity contribution >= 4 is 27.7 Å². The van der Waals surface area contributed by atoms with E-state index in [9.17, 15) is 0 Å². The summed E-state index contributed by atoms with van der Waals surface area (Å²) in [5.74, 6) is 1.65. The van der Waals surface area contributed by atoms with E-state index in [1.165, 1.54) is 10.5 Å². The lowest BCUT2D eigenvalue weighted by atomic mass is 10.1. The Labute approximate surface area is 137 Å². The lowest BCUT2D eigenvalue weighted by molar-refractivity contribution is 0.171. The molecule has 1 aliphatic heterocycles. The Morgan fingerprint density at radius 1 is 1.05 bits per heavy atom. The summed E-state index contributed by atoms with van der Waals surface area (Å²) < 4.78 is 12.3. The van der Waals surface area contributed by atoms with Crippen LogP contribution in [0.25, 0.3) is 0 Å². The van der Waals surface area contributed by atoms with Gasteiger partial charge in [-0.2, -0.15) is 0 Å². The van der Waals surface area contributed by atoms with Crippen LogP contribution < -0.4 is 15.2 Å². The van der Waals surface area contributed by atoms with Crippen LogP contribution in [0.2, 0.25) is 0 Å².